The van der Waals surface area contributed by atoms with Gasteiger partial charge in [-0.15, -0.1) is 0 Å². The number of aliphatic hydroxyl groups is 1. The lowest BCUT2D eigenvalue weighted by molar-refractivity contribution is 0.00104. The topological polar surface area (TPSA) is 118 Å². The molecule has 1 spiro atoms. The van der Waals surface area contributed by atoms with E-state index in [2.05, 4.69) is 20.6 Å². The monoisotopic (exact) mass is 424 g/mol. The molecule has 2 heterocycles. The van der Waals surface area contributed by atoms with E-state index in [9.17, 15) is 9.90 Å². The minimum atomic E-state index is -1.09. The van der Waals surface area contributed by atoms with Gasteiger partial charge in [0.15, 0.2) is 5.82 Å². The van der Waals surface area contributed by atoms with E-state index < -0.39 is 5.60 Å². The van der Waals surface area contributed by atoms with Crippen LogP contribution in [-0.2, 0) is 12.6 Å². The molecule has 0 atom stereocenters. The van der Waals surface area contributed by atoms with Crippen molar-refractivity contribution in [3.63, 3.8) is 0 Å². The highest BCUT2D eigenvalue weighted by molar-refractivity contribution is 6.07. The number of aromatic nitrogens is 3. The van der Waals surface area contributed by atoms with Crippen molar-refractivity contribution < 1.29 is 9.90 Å². The number of hydrogen-bond donors (Lipinski definition) is 4. The summed E-state index contributed by atoms with van der Waals surface area (Å²) in [6, 6.07) is 4.04. The Balaban J connectivity index is 1.35. The largest absolute Gasteiger partial charge is 0.384 e. The molecule has 0 saturated heterocycles. The Labute approximate surface area is 182 Å². The fourth-order valence-corrected chi connectivity index (χ4v) is 5.21. The lowest BCUT2D eigenvalue weighted by Gasteiger charge is -2.57. The summed E-state index contributed by atoms with van der Waals surface area (Å²) in [5, 5.41) is 16.8. The lowest BCUT2D eigenvalue weighted by atomic mass is 9.52. The number of nitrogens with two attached hydrogens (primary N) is 1. The van der Waals surface area contributed by atoms with Gasteiger partial charge in [-0.05, 0) is 69.9 Å². The quantitative estimate of drug-likeness (QED) is 0.566. The van der Waals surface area contributed by atoms with Gasteiger partial charge in [0.25, 0.3) is 5.91 Å². The highest BCUT2D eigenvalue weighted by atomic mass is 16.3. The van der Waals surface area contributed by atoms with Crippen LogP contribution >= 0.6 is 0 Å². The fourth-order valence-electron chi connectivity index (χ4n) is 5.21. The highest BCUT2D eigenvalue weighted by Gasteiger charge is 2.51. The number of rotatable bonds is 6. The number of amides is 1. The molecule has 0 aromatic carbocycles. The average Bonchev–Trinajstić information content (AvgIpc) is 3.41. The van der Waals surface area contributed by atoms with Gasteiger partial charge in [0.2, 0.25) is 0 Å². The first-order valence-corrected chi connectivity index (χ1v) is 11.2. The van der Waals surface area contributed by atoms with Gasteiger partial charge in [-0.1, -0.05) is 0 Å². The summed E-state index contributed by atoms with van der Waals surface area (Å²) in [6.45, 7) is 3.39. The van der Waals surface area contributed by atoms with E-state index in [0.29, 0.717) is 40.3 Å². The number of aryl methyl sites for hydroxylation is 1. The molecule has 0 bridgehead atoms. The van der Waals surface area contributed by atoms with Crippen molar-refractivity contribution in [3.05, 3.63) is 35.4 Å². The summed E-state index contributed by atoms with van der Waals surface area (Å²) in [5.74, 6) is 2.34. The summed E-state index contributed by atoms with van der Waals surface area (Å²) < 4.78 is 1.99. The summed E-state index contributed by atoms with van der Waals surface area (Å²) in [6.07, 6.45) is 8.41. The maximum atomic E-state index is 13.1. The van der Waals surface area contributed by atoms with E-state index in [1.807, 2.05) is 17.8 Å². The zero-order valence-corrected chi connectivity index (χ0v) is 18.5. The third kappa shape index (κ3) is 3.94. The second-order valence-corrected chi connectivity index (χ2v) is 10.4. The number of pyridine rings is 1. The molecular formula is C23H32N6O2. The van der Waals surface area contributed by atoms with Crippen LogP contribution in [-0.4, -0.2) is 37.6 Å². The Morgan fingerprint density at radius 2 is 1.94 bits per heavy atom. The molecule has 8 heteroatoms. The number of nitrogens with one attached hydrogen (secondary N) is 2. The third-order valence-electron chi connectivity index (χ3n) is 6.95. The Kier molecular flexibility index (Phi) is 4.64. The lowest BCUT2D eigenvalue weighted by Crippen LogP contribution is -2.57. The Morgan fingerprint density at radius 3 is 2.55 bits per heavy atom. The zero-order valence-electron chi connectivity index (χ0n) is 18.5. The molecule has 8 nitrogen and oxygen atoms in total. The van der Waals surface area contributed by atoms with E-state index in [1.165, 1.54) is 0 Å². The molecule has 5 rings (SSSR count). The van der Waals surface area contributed by atoms with E-state index in [-0.39, 0.29) is 11.9 Å². The van der Waals surface area contributed by atoms with Crippen LogP contribution in [0.1, 0.15) is 80.2 Å². The molecule has 2 aromatic rings. The van der Waals surface area contributed by atoms with Crippen LogP contribution in [0.25, 0.3) is 0 Å². The van der Waals surface area contributed by atoms with E-state index in [0.717, 1.165) is 44.3 Å². The molecule has 31 heavy (non-hydrogen) atoms. The molecule has 3 aliphatic carbocycles. The normalized spacial score (nSPS) is 27.5. The van der Waals surface area contributed by atoms with Gasteiger partial charge < -0.3 is 26.0 Å². The first-order chi connectivity index (χ1) is 14.6. The van der Waals surface area contributed by atoms with Gasteiger partial charge in [0.05, 0.1) is 11.3 Å². The zero-order chi connectivity index (χ0) is 22.0. The van der Waals surface area contributed by atoms with E-state index in [1.54, 1.807) is 26.0 Å². The maximum Gasteiger partial charge on any atom is 0.260 e. The van der Waals surface area contributed by atoms with Gasteiger partial charge in [-0.3, -0.25) is 4.79 Å². The number of carbonyl (C=O) groups excluding carboxylic acids is 1. The number of anilines is 2. The average molecular weight is 425 g/mol. The molecule has 1 amide bonds. The van der Waals surface area contributed by atoms with Crippen molar-refractivity contribution in [2.75, 3.05) is 10.6 Å². The molecule has 0 unspecified atom stereocenters. The van der Waals surface area contributed by atoms with Crippen LogP contribution in [0.4, 0.5) is 11.6 Å². The van der Waals surface area contributed by atoms with E-state index >= 15 is 0 Å². The predicted molar refractivity (Wildman–Crippen MR) is 119 cm³/mol. The minimum absolute atomic E-state index is 0.252. The fraction of sp³-hybridized carbons (Fsp3) is 0.609. The summed E-state index contributed by atoms with van der Waals surface area (Å²) in [7, 11) is 1.96. The molecule has 5 N–H and O–H groups in total. The van der Waals surface area contributed by atoms with Crippen LogP contribution in [0.15, 0.2) is 18.3 Å². The molecule has 2 aromatic heterocycles. The molecule has 3 fully saturated rings. The smallest absolute Gasteiger partial charge is 0.260 e. The Bertz CT molecular complexity index is 1010. The Hall–Kier alpha value is -2.45. The Morgan fingerprint density at radius 1 is 1.23 bits per heavy atom. The van der Waals surface area contributed by atoms with Gasteiger partial charge in [-0.25, -0.2) is 9.97 Å². The number of hydrogen-bond acceptors (Lipinski definition) is 6. The van der Waals surface area contributed by atoms with Crippen LogP contribution in [0.2, 0.25) is 0 Å². The van der Waals surface area contributed by atoms with Crippen molar-refractivity contribution in [1.82, 2.24) is 14.5 Å². The predicted octanol–water partition coefficient (Wildman–Crippen LogP) is 2.85. The van der Waals surface area contributed by atoms with Gasteiger partial charge in [0.1, 0.15) is 17.2 Å². The first kappa shape index (κ1) is 20.5. The van der Waals surface area contributed by atoms with Crippen LogP contribution in [0, 0.1) is 5.41 Å². The number of nitrogens with zero attached hydrogens (tertiary/aromatic N) is 3. The molecular weight excluding hydrogens is 392 g/mol. The van der Waals surface area contributed by atoms with Gasteiger partial charge >= 0.3 is 0 Å². The number of carbonyl (C=O) groups is 1. The summed E-state index contributed by atoms with van der Waals surface area (Å²) in [5.41, 5.74) is 6.25. The van der Waals surface area contributed by atoms with E-state index in [4.69, 9.17) is 5.73 Å². The number of imidazole rings is 1. The van der Waals surface area contributed by atoms with Crippen molar-refractivity contribution in [3.8, 4) is 0 Å². The molecule has 3 saturated carbocycles. The third-order valence-corrected chi connectivity index (χ3v) is 6.95. The van der Waals surface area contributed by atoms with Gasteiger partial charge in [0, 0.05) is 31.2 Å². The highest BCUT2D eigenvalue weighted by Crippen LogP contribution is 2.56. The second kappa shape index (κ2) is 7.03. The second-order valence-electron chi connectivity index (χ2n) is 10.4. The molecule has 3 aliphatic rings. The molecule has 0 aliphatic heterocycles. The standard InChI is InChI=1S/C23H32N6O2/c1-22(2,31)17-7-6-16(19(26-17)25-15-10-23(11-15)8-14(24)9-23)21(30)28-18-12-29(3)20(27-18)13-4-5-13/h6-7,12-15,31H,4-5,8-11,24H2,1-3H3,(H,25,26)(H,28,30). The first-order valence-electron chi connectivity index (χ1n) is 11.2. The van der Waals surface area contributed by atoms with Crippen molar-refractivity contribution in [2.24, 2.45) is 18.2 Å². The molecule has 166 valence electrons. The summed E-state index contributed by atoms with van der Waals surface area (Å²) in [4.78, 5) is 22.3. The van der Waals surface area contributed by atoms with Gasteiger partial charge in [-0.2, -0.15) is 0 Å². The van der Waals surface area contributed by atoms with Crippen LogP contribution in [0.5, 0.6) is 0 Å². The SMILES string of the molecule is Cn1cc(NC(=O)c2ccc(C(C)(C)O)nc2NC2CC3(CC(N)C3)C2)nc1C1CC1. The maximum absolute atomic E-state index is 13.1. The van der Waals surface area contributed by atoms with Crippen LogP contribution in [0.3, 0.4) is 0 Å². The van der Waals surface area contributed by atoms with Crippen molar-refractivity contribution in [1.29, 1.82) is 0 Å². The molecule has 0 radical (unpaired) electrons. The summed E-state index contributed by atoms with van der Waals surface area (Å²) >= 11 is 0. The van der Waals surface area contributed by atoms with Crippen LogP contribution < -0.4 is 16.4 Å². The van der Waals surface area contributed by atoms with Crippen molar-refractivity contribution >= 4 is 17.5 Å². The van der Waals surface area contributed by atoms with Crippen molar-refractivity contribution in [2.45, 2.75) is 76.0 Å². The minimum Gasteiger partial charge on any atom is -0.384 e.